The Labute approximate surface area is 186 Å². The predicted octanol–water partition coefficient (Wildman–Crippen LogP) is 2.37. The van der Waals surface area contributed by atoms with Crippen LogP contribution in [0.3, 0.4) is 0 Å². The average molecular weight is 460 g/mol. The first-order valence-corrected chi connectivity index (χ1v) is 10.1. The van der Waals surface area contributed by atoms with Crippen molar-refractivity contribution < 1.29 is 28.3 Å². The maximum absolute atomic E-state index is 13.5. The van der Waals surface area contributed by atoms with Crippen LogP contribution in [0.1, 0.15) is 22.5 Å². The molecule has 2 aromatic carbocycles. The summed E-state index contributed by atoms with van der Waals surface area (Å²) in [6, 6.07) is 10.2. The van der Waals surface area contributed by atoms with Gasteiger partial charge in [-0.05, 0) is 48.0 Å². The topological polar surface area (TPSA) is 112 Å². The van der Waals surface area contributed by atoms with Crippen LogP contribution in [0.2, 0.25) is 5.02 Å². The van der Waals surface area contributed by atoms with E-state index in [9.17, 15) is 23.9 Å². The smallest absolute Gasteiger partial charge is 0.286 e. The second kappa shape index (κ2) is 8.25. The second-order valence-corrected chi connectivity index (χ2v) is 7.88. The van der Waals surface area contributed by atoms with E-state index in [1.54, 1.807) is 24.3 Å². The number of rotatable bonds is 5. The molecule has 1 fully saturated rings. The highest BCUT2D eigenvalue weighted by Crippen LogP contribution is 2.32. The van der Waals surface area contributed by atoms with Crippen LogP contribution in [-0.2, 0) is 16.1 Å². The Morgan fingerprint density at radius 1 is 1.25 bits per heavy atom. The first-order chi connectivity index (χ1) is 15.2. The van der Waals surface area contributed by atoms with E-state index in [0.717, 1.165) is 6.07 Å². The Hall–Kier alpha value is -3.43. The van der Waals surface area contributed by atoms with Gasteiger partial charge in [0.15, 0.2) is 5.76 Å². The minimum Gasteiger partial charge on any atom is -0.451 e. The molecule has 0 radical (unpaired) electrons. The maximum Gasteiger partial charge on any atom is 0.286 e. The van der Waals surface area contributed by atoms with Crippen molar-refractivity contribution >= 4 is 46.0 Å². The molecule has 1 aromatic heterocycles. The van der Waals surface area contributed by atoms with Crippen LogP contribution < -0.4 is 15.5 Å². The summed E-state index contributed by atoms with van der Waals surface area (Å²) < 4.78 is 18.9. The van der Waals surface area contributed by atoms with Gasteiger partial charge in [-0.25, -0.2) is 4.39 Å². The van der Waals surface area contributed by atoms with Crippen molar-refractivity contribution in [2.75, 3.05) is 18.5 Å². The van der Waals surface area contributed by atoms with E-state index in [2.05, 4.69) is 10.6 Å². The van der Waals surface area contributed by atoms with Crippen LogP contribution in [0, 0.1) is 5.82 Å². The van der Waals surface area contributed by atoms with Crippen LogP contribution in [0.5, 0.6) is 0 Å². The number of nitrogens with one attached hydrogen (secondary N) is 2. The number of fused-ring (bicyclic) bond motifs is 1. The van der Waals surface area contributed by atoms with Gasteiger partial charge in [-0.2, -0.15) is 0 Å². The highest BCUT2D eigenvalue weighted by Gasteiger charge is 2.51. The Bertz CT molecular complexity index is 1220. The van der Waals surface area contributed by atoms with Crippen LogP contribution in [-0.4, -0.2) is 42.0 Å². The summed E-state index contributed by atoms with van der Waals surface area (Å²) in [4.78, 5) is 38.6. The minimum atomic E-state index is -2.25. The molecule has 0 spiro atoms. The Morgan fingerprint density at radius 2 is 2.03 bits per heavy atom. The maximum atomic E-state index is 13.5. The summed E-state index contributed by atoms with van der Waals surface area (Å²) >= 11 is 5.81. The van der Waals surface area contributed by atoms with Gasteiger partial charge in [-0.15, -0.1) is 0 Å². The molecule has 32 heavy (non-hydrogen) atoms. The fourth-order valence-corrected chi connectivity index (χ4v) is 3.88. The molecule has 10 heteroatoms. The zero-order chi connectivity index (χ0) is 23.0. The summed E-state index contributed by atoms with van der Waals surface area (Å²) in [5.41, 5.74) is -0.949. The van der Waals surface area contributed by atoms with Crippen LogP contribution in [0.4, 0.5) is 10.1 Å². The summed E-state index contributed by atoms with van der Waals surface area (Å²) in [6.45, 7) is 0.00929. The quantitative estimate of drug-likeness (QED) is 0.507. The van der Waals surface area contributed by atoms with Crippen molar-refractivity contribution in [1.29, 1.82) is 0 Å². The summed E-state index contributed by atoms with van der Waals surface area (Å²) in [5, 5.41) is 16.5. The van der Waals surface area contributed by atoms with Crippen LogP contribution in [0.15, 0.2) is 46.9 Å². The number of anilines is 1. The number of amides is 3. The van der Waals surface area contributed by atoms with Gasteiger partial charge in [-0.3, -0.25) is 14.4 Å². The fourth-order valence-electron chi connectivity index (χ4n) is 3.64. The molecule has 1 saturated heterocycles. The molecule has 166 valence electrons. The van der Waals surface area contributed by atoms with Crippen molar-refractivity contribution in [3.63, 3.8) is 0 Å². The molecule has 1 unspecified atom stereocenters. The summed E-state index contributed by atoms with van der Waals surface area (Å²) in [7, 11) is 1.48. The van der Waals surface area contributed by atoms with Crippen molar-refractivity contribution in [2.24, 2.45) is 0 Å². The van der Waals surface area contributed by atoms with Gasteiger partial charge in [-0.1, -0.05) is 11.6 Å². The van der Waals surface area contributed by atoms with E-state index in [-0.39, 0.29) is 36.2 Å². The van der Waals surface area contributed by atoms with Crippen LogP contribution in [0.25, 0.3) is 11.0 Å². The summed E-state index contributed by atoms with van der Waals surface area (Å²) in [6.07, 6.45) is -0.117. The number of furan rings is 1. The number of hydrogen-bond donors (Lipinski definition) is 3. The molecule has 1 aliphatic rings. The average Bonchev–Trinajstić information content (AvgIpc) is 3.32. The number of carbonyl (C=O) groups is 3. The molecule has 0 saturated carbocycles. The number of aliphatic hydroxyl groups is 1. The first kappa shape index (κ1) is 21.8. The highest BCUT2D eigenvalue weighted by molar-refractivity contribution is 6.30. The van der Waals surface area contributed by atoms with Crippen molar-refractivity contribution in [3.05, 3.63) is 64.6 Å². The molecule has 8 nitrogen and oxygen atoms in total. The monoisotopic (exact) mass is 459 g/mol. The zero-order valence-electron chi connectivity index (χ0n) is 16.9. The molecule has 3 amide bonds. The third kappa shape index (κ3) is 3.92. The lowest BCUT2D eigenvalue weighted by Crippen LogP contribution is -2.52. The van der Waals surface area contributed by atoms with E-state index in [0.29, 0.717) is 22.2 Å². The van der Waals surface area contributed by atoms with Gasteiger partial charge < -0.3 is 25.1 Å². The van der Waals surface area contributed by atoms with Crippen molar-refractivity contribution in [2.45, 2.75) is 18.6 Å². The molecule has 3 aromatic rings. The molecular formula is C22H19ClFN3O5. The molecule has 2 heterocycles. The standard InChI is InChI=1S/C22H19ClFN3O5/c1-25-19(28)18-9-13-8-16(2-3-17(13)32-18)27-5-4-22(31,21(27)30)20(29)26-11-12-6-14(23)10-15(24)7-12/h2-3,6-10,31H,4-5,11H2,1H3,(H,25,28)(H,26,29). The predicted molar refractivity (Wildman–Crippen MR) is 115 cm³/mol. The number of nitrogens with zero attached hydrogens (tertiary/aromatic N) is 1. The lowest BCUT2D eigenvalue weighted by Gasteiger charge is -2.22. The van der Waals surface area contributed by atoms with Crippen molar-refractivity contribution in [3.8, 4) is 0 Å². The van der Waals surface area contributed by atoms with E-state index >= 15 is 0 Å². The lowest BCUT2D eigenvalue weighted by atomic mass is 10.0. The number of carbonyl (C=O) groups excluding carboxylic acids is 3. The molecular weight excluding hydrogens is 441 g/mol. The normalized spacial score (nSPS) is 18.2. The second-order valence-electron chi connectivity index (χ2n) is 7.44. The summed E-state index contributed by atoms with van der Waals surface area (Å²) in [5.74, 6) is -2.47. The Morgan fingerprint density at radius 3 is 2.75 bits per heavy atom. The third-order valence-electron chi connectivity index (χ3n) is 5.31. The van der Waals surface area contributed by atoms with Gasteiger partial charge in [0.05, 0.1) is 0 Å². The number of halogens is 2. The van der Waals surface area contributed by atoms with Gasteiger partial charge in [0.1, 0.15) is 11.4 Å². The SMILES string of the molecule is CNC(=O)c1cc2cc(N3CCC(O)(C(=O)NCc4cc(F)cc(Cl)c4)C3=O)ccc2o1. The Kier molecular flexibility index (Phi) is 5.62. The third-order valence-corrected chi connectivity index (χ3v) is 5.53. The van der Waals surface area contributed by atoms with Gasteiger partial charge in [0.25, 0.3) is 17.7 Å². The number of benzene rings is 2. The van der Waals surface area contributed by atoms with E-state index in [1.807, 2.05) is 0 Å². The minimum absolute atomic E-state index is 0.102. The van der Waals surface area contributed by atoms with E-state index < -0.39 is 23.2 Å². The lowest BCUT2D eigenvalue weighted by molar-refractivity contribution is -0.149. The van der Waals surface area contributed by atoms with Gasteiger partial charge in [0.2, 0.25) is 5.60 Å². The fraction of sp³-hybridized carbons (Fsp3) is 0.227. The van der Waals surface area contributed by atoms with Crippen molar-refractivity contribution in [1.82, 2.24) is 10.6 Å². The molecule has 4 rings (SSSR count). The molecule has 0 bridgehead atoms. The Balaban J connectivity index is 1.50. The zero-order valence-corrected chi connectivity index (χ0v) is 17.7. The highest BCUT2D eigenvalue weighted by atomic mass is 35.5. The first-order valence-electron chi connectivity index (χ1n) is 9.74. The molecule has 3 N–H and O–H groups in total. The molecule has 1 atom stereocenters. The van der Waals surface area contributed by atoms with E-state index in [1.165, 1.54) is 24.1 Å². The molecule has 1 aliphatic heterocycles. The van der Waals surface area contributed by atoms with Gasteiger partial charge >= 0.3 is 0 Å². The van der Waals surface area contributed by atoms with E-state index in [4.69, 9.17) is 16.0 Å². The van der Waals surface area contributed by atoms with Gasteiger partial charge in [0, 0.05) is 42.7 Å². The largest absolute Gasteiger partial charge is 0.451 e. The number of hydrogen-bond acceptors (Lipinski definition) is 5. The van der Waals surface area contributed by atoms with Crippen LogP contribution >= 0.6 is 11.6 Å². The molecule has 0 aliphatic carbocycles.